The lowest BCUT2D eigenvalue weighted by Gasteiger charge is -2.27. The van der Waals surface area contributed by atoms with Crippen molar-refractivity contribution >= 4 is 11.9 Å². The number of hydrogen-bond donors (Lipinski definition) is 2. The number of nitrogens with one attached hydrogen (secondary N) is 2. The molecule has 118 valence electrons. The number of hydrogen-bond acceptors (Lipinski definition) is 3. The Morgan fingerprint density at radius 2 is 1.75 bits per heavy atom. The number of guanidine groups is 1. The molecule has 0 saturated carbocycles. The van der Waals surface area contributed by atoms with Gasteiger partial charge in [0.25, 0.3) is 0 Å². The molecule has 6 heteroatoms. The van der Waals surface area contributed by atoms with Crippen molar-refractivity contribution in [1.29, 1.82) is 0 Å². The van der Waals surface area contributed by atoms with Gasteiger partial charge in [-0.25, -0.2) is 4.99 Å². The van der Waals surface area contributed by atoms with Gasteiger partial charge in [0, 0.05) is 33.2 Å². The summed E-state index contributed by atoms with van der Waals surface area (Å²) in [6, 6.07) is 0.429. The van der Waals surface area contributed by atoms with E-state index >= 15 is 0 Å². The Labute approximate surface area is 123 Å². The van der Waals surface area contributed by atoms with Crippen LogP contribution in [-0.2, 0) is 4.79 Å². The van der Waals surface area contributed by atoms with Crippen LogP contribution in [0.15, 0.2) is 4.99 Å². The first-order chi connectivity index (χ1) is 9.46. The van der Waals surface area contributed by atoms with Crippen LogP contribution in [0, 0.1) is 0 Å². The average molecular weight is 285 g/mol. The maximum atomic E-state index is 11.5. The normalized spacial score (nSPS) is 13.2. The Morgan fingerprint density at radius 1 is 1.15 bits per heavy atom. The average Bonchev–Trinajstić information content (AvgIpc) is 2.42. The van der Waals surface area contributed by atoms with Gasteiger partial charge in [0.1, 0.15) is 6.54 Å². The van der Waals surface area contributed by atoms with E-state index in [1.54, 1.807) is 19.0 Å². The van der Waals surface area contributed by atoms with Crippen molar-refractivity contribution in [3.05, 3.63) is 0 Å². The minimum atomic E-state index is -0.000931. The van der Waals surface area contributed by atoms with Crippen molar-refractivity contribution < 1.29 is 4.79 Å². The molecule has 0 saturated heterocycles. The second-order valence-corrected chi connectivity index (χ2v) is 4.93. The fourth-order valence-electron chi connectivity index (χ4n) is 1.85. The third kappa shape index (κ3) is 7.33. The van der Waals surface area contributed by atoms with Gasteiger partial charge in [-0.1, -0.05) is 13.8 Å². The van der Waals surface area contributed by atoms with Crippen LogP contribution in [0.2, 0.25) is 0 Å². The van der Waals surface area contributed by atoms with Crippen LogP contribution >= 0.6 is 0 Å². The Morgan fingerprint density at radius 3 is 2.20 bits per heavy atom. The molecule has 1 atom stereocenters. The predicted octanol–water partition coefficient (Wildman–Crippen LogP) is 0.360. The number of carbonyl (C=O) groups is 1. The van der Waals surface area contributed by atoms with E-state index in [9.17, 15) is 4.79 Å². The van der Waals surface area contributed by atoms with E-state index in [0.717, 1.165) is 26.2 Å². The summed E-state index contributed by atoms with van der Waals surface area (Å²) in [4.78, 5) is 19.8. The summed E-state index contributed by atoms with van der Waals surface area (Å²) in [5.41, 5.74) is 0. The topological polar surface area (TPSA) is 60.0 Å². The summed E-state index contributed by atoms with van der Waals surface area (Å²) in [6.45, 7) is 12.4. The molecule has 6 nitrogen and oxygen atoms in total. The molecule has 1 amide bonds. The highest BCUT2D eigenvalue weighted by Gasteiger charge is 2.10. The summed E-state index contributed by atoms with van der Waals surface area (Å²) in [5.74, 6) is 0.695. The summed E-state index contributed by atoms with van der Waals surface area (Å²) in [5, 5.41) is 6.45. The summed E-state index contributed by atoms with van der Waals surface area (Å²) < 4.78 is 0. The minimum Gasteiger partial charge on any atom is -0.357 e. The van der Waals surface area contributed by atoms with Crippen LogP contribution in [0.5, 0.6) is 0 Å². The summed E-state index contributed by atoms with van der Waals surface area (Å²) in [7, 11) is 3.47. The van der Waals surface area contributed by atoms with Gasteiger partial charge in [0.15, 0.2) is 5.96 Å². The van der Waals surface area contributed by atoms with E-state index < -0.39 is 0 Å². The van der Waals surface area contributed by atoms with Gasteiger partial charge in [-0.15, -0.1) is 0 Å². The van der Waals surface area contributed by atoms with Gasteiger partial charge in [0.2, 0.25) is 5.91 Å². The number of aliphatic imine (C=N–C) groups is 1. The molecular formula is C14H31N5O. The molecule has 0 heterocycles. The first-order valence-corrected chi connectivity index (χ1v) is 7.42. The molecule has 0 aromatic rings. The van der Waals surface area contributed by atoms with Gasteiger partial charge in [-0.2, -0.15) is 0 Å². The second-order valence-electron chi connectivity index (χ2n) is 4.93. The maximum Gasteiger partial charge on any atom is 0.243 e. The molecule has 0 aliphatic heterocycles. The number of likely N-dealkylation sites (N-methyl/N-ethyl adjacent to an activating group) is 2. The highest BCUT2D eigenvalue weighted by atomic mass is 16.2. The minimum absolute atomic E-state index is 0.000931. The van der Waals surface area contributed by atoms with E-state index in [2.05, 4.69) is 41.3 Å². The van der Waals surface area contributed by atoms with E-state index in [1.807, 2.05) is 6.92 Å². The third-order valence-corrected chi connectivity index (χ3v) is 3.22. The fourth-order valence-corrected chi connectivity index (χ4v) is 1.85. The van der Waals surface area contributed by atoms with Crippen molar-refractivity contribution in [3.63, 3.8) is 0 Å². The van der Waals surface area contributed by atoms with Crippen molar-refractivity contribution in [2.24, 2.45) is 4.99 Å². The lowest BCUT2D eigenvalue weighted by atomic mass is 10.3. The lowest BCUT2D eigenvalue weighted by Crippen LogP contribution is -2.46. The zero-order chi connectivity index (χ0) is 15.5. The van der Waals surface area contributed by atoms with Crippen LogP contribution in [0.4, 0.5) is 0 Å². The standard InChI is InChI=1S/C14H31N5O/c1-7-15-14(17-11-13(20)18(5)6)16-10-12(4)19(8-2)9-3/h12H,7-11H2,1-6H3,(H2,15,16,17). The number of rotatable bonds is 8. The van der Waals surface area contributed by atoms with Crippen LogP contribution in [0.3, 0.4) is 0 Å². The molecule has 20 heavy (non-hydrogen) atoms. The molecule has 1 unspecified atom stereocenters. The molecular weight excluding hydrogens is 254 g/mol. The zero-order valence-electron chi connectivity index (χ0n) is 13.9. The molecule has 0 aliphatic rings. The monoisotopic (exact) mass is 285 g/mol. The molecule has 0 rings (SSSR count). The van der Waals surface area contributed by atoms with E-state index in [-0.39, 0.29) is 12.5 Å². The van der Waals surface area contributed by atoms with Crippen LogP contribution in [-0.4, -0.2) is 74.5 Å². The van der Waals surface area contributed by atoms with Crippen molar-refractivity contribution in [1.82, 2.24) is 20.4 Å². The van der Waals surface area contributed by atoms with Crippen molar-refractivity contribution in [3.8, 4) is 0 Å². The van der Waals surface area contributed by atoms with Gasteiger partial charge in [0.05, 0.1) is 0 Å². The van der Waals surface area contributed by atoms with Crippen LogP contribution < -0.4 is 10.6 Å². The predicted molar refractivity (Wildman–Crippen MR) is 85.1 cm³/mol. The first kappa shape index (κ1) is 18.7. The van der Waals surface area contributed by atoms with E-state index in [1.165, 1.54) is 0 Å². The Hall–Kier alpha value is -1.30. The van der Waals surface area contributed by atoms with Crippen LogP contribution in [0.25, 0.3) is 0 Å². The van der Waals surface area contributed by atoms with Crippen molar-refractivity contribution in [2.75, 3.05) is 46.8 Å². The SMILES string of the molecule is CCNC(=NCC(=O)N(C)C)NCC(C)N(CC)CC. The van der Waals surface area contributed by atoms with Crippen molar-refractivity contribution in [2.45, 2.75) is 33.7 Å². The highest BCUT2D eigenvalue weighted by Crippen LogP contribution is 1.96. The maximum absolute atomic E-state index is 11.5. The molecule has 0 aromatic carbocycles. The van der Waals surface area contributed by atoms with Gasteiger partial charge in [-0.05, 0) is 26.9 Å². The van der Waals surface area contributed by atoms with Gasteiger partial charge >= 0.3 is 0 Å². The Balaban J connectivity index is 4.39. The Bertz CT molecular complexity index is 300. The number of amides is 1. The van der Waals surface area contributed by atoms with Crippen LogP contribution in [0.1, 0.15) is 27.7 Å². The smallest absolute Gasteiger partial charge is 0.243 e. The number of carbonyl (C=O) groups excluding carboxylic acids is 1. The fraction of sp³-hybridized carbons (Fsp3) is 0.857. The highest BCUT2D eigenvalue weighted by molar-refractivity contribution is 5.84. The Kier molecular flexibility index (Phi) is 9.80. The second kappa shape index (κ2) is 10.5. The van der Waals surface area contributed by atoms with E-state index in [4.69, 9.17) is 0 Å². The number of nitrogens with zero attached hydrogens (tertiary/aromatic N) is 3. The first-order valence-electron chi connectivity index (χ1n) is 7.42. The molecule has 0 spiro atoms. The molecule has 0 aromatic heterocycles. The largest absolute Gasteiger partial charge is 0.357 e. The lowest BCUT2D eigenvalue weighted by molar-refractivity contribution is -0.127. The summed E-state index contributed by atoms with van der Waals surface area (Å²) in [6.07, 6.45) is 0. The molecule has 0 radical (unpaired) electrons. The molecule has 2 N–H and O–H groups in total. The third-order valence-electron chi connectivity index (χ3n) is 3.22. The quantitative estimate of drug-likeness (QED) is 0.499. The van der Waals surface area contributed by atoms with E-state index in [0.29, 0.717) is 12.0 Å². The molecule has 0 bridgehead atoms. The zero-order valence-corrected chi connectivity index (χ0v) is 13.9. The molecule has 0 fully saturated rings. The van der Waals surface area contributed by atoms with Gasteiger partial charge < -0.3 is 15.5 Å². The van der Waals surface area contributed by atoms with Gasteiger partial charge in [-0.3, -0.25) is 9.69 Å². The molecule has 0 aliphatic carbocycles. The summed E-state index contributed by atoms with van der Waals surface area (Å²) >= 11 is 0.